The predicted octanol–water partition coefficient (Wildman–Crippen LogP) is 2.83. The summed E-state index contributed by atoms with van der Waals surface area (Å²) in [6.07, 6.45) is -3.98. The highest BCUT2D eigenvalue weighted by Crippen LogP contribution is 2.58. The van der Waals surface area contributed by atoms with Crippen molar-refractivity contribution in [2.75, 3.05) is 0 Å². The topological polar surface area (TPSA) is 25.8 Å². The average molecular weight is 267 g/mol. The van der Waals surface area contributed by atoms with E-state index in [1.165, 1.54) is 12.1 Å². The van der Waals surface area contributed by atoms with Gasteiger partial charge < -0.3 is 0 Å². The zero-order valence-corrected chi connectivity index (χ0v) is 8.56. The smallest absolute Gasteiger partial charge is 0.170 e. The summed E-state index contributed by atoms with van der Waals surface area (Å²) >= 11 is 3.03. The number of aromatic nitrogens is 2. The second-order valence-corrected chi connectivity index (χ2v) is 4.13. The van der Waals surface area contributed by atoms with E-state index in [2.05, 4.69) is 26.1 Å². The van der Waals surface area contributed by atoms with Crippen molar-refractivity contribution in [1.82, 2.24) is 10.2 Å². The zero-order valence-electron chi connectivity index (χ0n) is 6.98. The van der Waals surface area contributed by atoms with E-state index >= 15 is 0 Å². The van der Waals surface area contributed by atoms with E-state index in [0.717, 1.165) is 0 Å². The Morgan fingerprint density at radius 3 is 2.21 bits per heavy atom. The van der Waals surface area contributed by atoms with E-state index in [-0.39, 0.29) is 18.5 Å². The summed E-state index contributed by atoms with van der Waals surface area (Å²) in [5, 5.41) is 7.13. The number of nitrogens with zero attached hydrogens (tertiary/aromatic N) is 2. The van der Waals surface area contributed by atoms with Crippen LogP contribution in [0.5, 0.6) is 0 Å². The first-order valence-corrected chi connectivity index (χ1v) is 4.81. The Bertz CT molecular complexity index is 343. The van der Waals surface area contributed by atoms with Crippen LogP contribution >= 0.6 is 15.9 Å². The number of alkyl halides is 3. The van der Waals surface area contributed by atoms with Crippen LogP contribution in [-0.4, -0.2) is 16.4 Å². The molecule has 0 amide bonds. The third kappa shape index (κ3) is 1.41. The monoisotopic (exact) mass is 266 g/mol. The molecule has 1 aromatic heterocycles. The highest BCUT2D eigenvalue weighted by molar-refractivity contribution is 9.10. The molecule has 76 valence electrons. The Kier molecular flexibility index (Phi) is 2.06. The Hall–Kier alpha value is -0.650. The highest BCUT2D eigenvalue weighted by atomic mass is 79.9. The molecule has 1 heterocycles. The summed E-state index contributed by atoms with van der Waals surface area (Å²) in [5.41, 5.74) is -1.70. The van der Waals surface area contributed by atoms with Crippen LogP contribution in [0.2, 0.25) is 0 Å². The number of hydrogen-bond acceptors (Lipinski definition) is 2. The molecule has 1 aromatic rings. The Morgan fingerprint density at radius 2 is 1.86 bits per heavy atom. The standard InChI is InChI=1S/C8H6BrF3N2/c9-6-2-1-5(13-14-6)7(3-4-7)8(10,11)12/h1-2H,3-4H2. The largest absolute Gasteiger partial charge is 0.400 e. The van der Waals surface area contributed by atoms with Crippen LogP contribution in [0.4, 0.5) is 13.2 Å². The molecule has 2 rings (SSSR count). The summed E-state index contributed by atoms with van der Waals surface area (Å²) in [6.45, 7) is 0. The van der Waals surface area contributed by atoms with Gasteiger partial charge in [-0.05, 0) is 40.9 Å². The molecule has 2 nitrogen and oxygen atoms in total. The molecular weight excluding hydrogens is 261 g/mol. The van der Waals surface area contributed by atoms with E-state index in [1.54, 1.807) is 0 Å². The number of rotatable bonds is 1. The molecule has 0 unspecified atom stereocenters. The van der Waals surface area contributed by atoms with Gasteiger partial charge in [0, 0.05) is 0 Å². The van der Waals surface area contributed by atoms with Crippen molar-refractivity contribution in [1.29, 1.82) is 0 Å². The molecule has 1 aliphatic rings. The molecule has 1 aliphatic carbocycles. The van der Waals surface area contributed by atoms with Gasteiger partial charge in [-0.25, -0.2) is 0 Å². The number of hydrogen-bond donors (Lipinski definition) is 0. The van der Waals surface area contributed by atoms with Crippen LogP contribution in [0.1, 0.15) is 18.5 Å². The van der Waals surface area contributed by atoms with Gasteiger partial charge in [0.2, 0.25) is 0 Å². The Balaban J connectivity index is 2.36. The van der Waals surface area contributed by atoms with E-state index in [1.807, 2.05) is 0 Å². The Morgan fingerprint density at radius 1 is 1.21 bits per heavy atom. The molecule has 0 aliphatic heterocycles. The molecule has 0 saturated heterocycles. The van der Waals surface area contributed by atoms with Crippen LogP contribution in [0, 0.1) is 0 Å². The van der Waals surface area contributed by atoms with Gasteiger partial charge in [0.25, 0.3) is 0 Å². The lowest BCUT2D eigenvalue weighted by Crippen LogP contribution is -2.29. The van der Waals surface area contributed by atoms with Crippen molar-refractivity contribution in [2.45, 2.75) is 24.4 Å². The lowest BCUT2D eigenvalue weighted by molar-refractivity contribution is -0.161. The molecule has 1 fully saturated rings. The van der Waals surface area contributed by atoms with Gasteiger partial charge in [-0.1, -0.05) is 0 Å². The highest BCUT2D eigenvalue weighted by Gasteiger charge is 2.65. The van der Waals surface area contributed by atoms with Crippen LogP contribution < -0.4 is 0 Å². The van der Waals surface area contributed by atoms with Gasteiger partial charge in [-0.2, -0.15) is 18.3 Å². The lowest BCUT2D eigenvalue weighted by atomic mass is 10.0. The minimum atomic E-state index is -4.21. The van der Waals surface area contributed by atoms with Crippen LogP contribution in [0.15, 0.2) is 16.7 Å². The first kappa shape index (κ1) is 9.89. The first-order chi connectivity index (χ1) is 6.46. The molecule has 14 heavy (non-hydrogen) atoms. The maximum atomic E-state index is 12.6. The minimum absolute atomic E-state index is 0.0215. The third-order valence-electron chi connectivity index (χ3n) is 2.41. The van der Waals surface area contributed by atoms with Crippen molar-refractivity contribution < 1.29 is 13.2 Å². The van der Waals surface area contributed by atoms with Crippen molar-refractivity contribution >= 4 is 15.9 Å². The predicted molar refractivity (Wildman–Crippen MR) is 46.7 cm³/mol. The number of halogens is 4. The maximum absolute atomic E-state index is 12.6. The summed E-state index contributed by atoms with van der Waals surface area (Å²) in [6, 6.07) is 2.85. The minimum Gasteiger partial charge on any atom is -0.170 e. The molecular formula is C8H6BrF3N2. The summed E-state index contributed by atoms with van der Waals surface area (Å²) in [7, 11) is 0. The van der Waals surface area contributed by atoms with Crippen molar-refractivity contribution in [3.63, 3.8) is 0 Å². The SMILES string of the molecule is FC(F)(F)C1(c2ccc(Br)nn2)CC1. The van der Waals surface area contributed by atoms with E-state index in [9.17, 15) is 13.2 Å². The molecule has 0 spiro atoms. The second kappa shape index (κ2) is 2.92. The third-order valence-corrected chi connectivity index (χ3v) is 2.84. The molecule has 0 atom stereocenters. The summed E-state index contributed by atoms with van der Waals surface area (Å²) < 4.78 is 38.3. The van der Waals surface area contributed by atoms with Gasteiger partial charge in [-0.3, -0.25) is 0 Å². The van der Waals surface area contributed by atoms with Crippen molar-refractivity contribution in [3.8, 4) is 0 Å². The molecule has 0 aromatic carbocycles. The lowest BCUT2D eigenvalue weighted by Gasteiger charge is -2.17. The van der Waals surface area contributed by atoms with Crippen LogP contribution in [0.3, 0.4) is 0 Å². The fourth-order valence-electron chi connectivity index (χ4n) is 1.38. The van der Waals surface area contributed by atoms with E-state index in [0.29, 0.717) is 4.60 Å². The van der Waals surface area contributed by atoms with E-state index in [4.69, 9.17) is 0 Å². The van der Waals surface area contributed by atoms with Crippen LogP contribution in [0.25, 0.3) is 0 Å². The fourth-order valence-corrected chi connectivity index (χ4v) is 1.59. The summed E-state index contributed by atoms with van der Waals surface area (Å²) in [4.78, 5) is 0. The van der Waals surface area contributed by atoms with Gasteiger partial charge in [0.1, 0.15) is 10.0 Å². The van der Waals surface area contributed by atoms with Crippen molar-refractivity contribution in [2.24, 2.45) is 0 Å². The molecule has 6 heteroatoms. The quantitative estimate of drug-likeness (QED) is 0.781. The van der Waals surface area contributed by atoms with Gasteiger partial charge in [0.15, 0.2) is 0 Å². The maximum Gasteiger partial charge on any atom is 0.400 e. The summed E-state index contributed by atoms with van der Waals surface area (Å²) in [5.74, 6) is 0. The first-order valence-electron chi connectivity index (χ1n) is 4.02. The zero-order chi connectivity index (χ0) is 10.4. The molecule has 0 N–H and O–H groups in total. The molecule has 0 bridgehead atoms. The fraction of sp³-hybridized carbons (Fsp3) is 0.500. The second-order valence-electron chi connectivity index (χ2n) is 3.32. The van der Waals surface area contributed by atoms with Gasteiger partial charge in [-0.15, -0.1) is 5.10 Å². The Labute approximate surface area is 86.7 Å². The average Bonchev–Trinajstić information content (AvgIpc) is 2.84. The van der Waals surface area contributed by atoms with E-state index < -0.39 is 11.6 Å². The van der Waals surface area contributed by atoms with Gasteiger partial charge >= 0.3 is 6.18 Å². The van der Waals surface area contributed by atoms with Crippen LogP contribution in [-0.2, 0) is 5.41 Å². The van der Waals surface area contributed by atoms with Gasteiger partial charge in [0.05, 0.1) is 5.69 Å². The van der Waals surface area contributed by atoms with Crippen molar-refractivity contribution in [3.05, 3.63) is 22.4 Å². The normalized spacial score (nSPS) is 19.4. The molecule has 1 saturated carbocycles. The molecule has 0 radical (unpaired) electrons.